The number of allylic oxidation sites excluding steroid dienone is 2. The van der Waals surface area contributed by atoms with Crippen LogP contribution < -0.4 is 0 Å². The zero-order valence-electron chi connectivity index (χ0n) is 21.7. The van der Waals surface area contributed by atoms with Crippen molar-refractivity contribution in [3.63, 3.8) is 0 Å². The molecule has 6 nitrogen and oxygen atoms in total. The summed E-state index contributed by atoms with van der Waals surface area (Å²) >= 11 is 1.35. The van der Waals surface area contributed by atoms with Crippen LogP contribution in [0.3, 0.4) is 0 Å². The molecule has 1 aliphatic heterocycles. The van der Waals surface area contributed by atoms with Gasteiger partial charge in [-0.1, -0.05) is 43.4 Å². The number of hydrogen-bond acceptors (Lipinski definition) is 6. The van der Waals surface area contributed by atoms with E-state index in [1.807, 2.05) is 6.92 Å². The first-order valence-corrected chi connectivity index (χ1v) is 13.3. The highest BCUT2D eigenvalue weighted by Crippen LogP contribution is 2.39. The Kier molecular flexibility index (Phi) is 9.44. The molecule has 1 N–H and O–H groups in total. The third-order valence-corrected chi connectivity index (χ3v) is 7.92. The molecule has 1 aliphatic rings. The zero-order chi connectivity index (χ0) is 28.9. The van der Waals surface area contributed by atoms with Crippen molar-refractivity contribution < 1.29 is 36.5 Å². The number of thioether (sulfide) groups is 1. The Morgan fingerprint density at radius 2 is 1.85 bits per heavy atom. The lowest BCUT2D eigenvalue weighted by molar-refractivity contribution is -0.153. The Morgan fingerprint density at radius 1 is 1.15 bits per heavy atom. The maximum atomic E-state index is 14.8. The molecule has 12 heteroatoms. The quantitative estimate of drug-likeness (QED) is 0.248. The molecule has 1 fully saturated rings. The average Bonchev–Trinajstić information content (AvgIpc) is 3.41. The van der Waals surface area contributed by atoms with Crippen molar-refractivity contribution in [3.8, 4) is 0 Å². The molecule has 0 saturated carbocycles. The standard InChI is InChI=1S/C28H28F5N3O3S/c1-18(4-3-5-20-6-8-21(9-7-20)28(31,32)33)26-38-13-23(14-39-26)40-19(2)27(37,15-36-17-34-16-35-36)24-11-10-22(29)12-25(24)30/h3-12,16-17,19,23,26,37H,13-15H2,1-2H3/t19-,23-,26-,27-/m1/s1. The highest BCUT2D eigenvalue weighted by atomic mass is 32.2. The predicted octanol–water partition coefficient (Wildman–Crippen LogP) is 5.99. The van der Waals surface area contributed by atoms with Crippen molar-refractivity contribution in [2.75, 3.05) is 13.2 Å². The Balaban J connectivity index is 1.36. The fraction of sp³-hybridized carbons (Fsp3) is 0.357. The molecule has 0 radical (unpaired) electrons. The van der Waals surface area contributed by atoms with Gasteiger partial charge in [0.25, 0.3) is 0 Å². The van der Waals surface area contributed by atoms with E-state index in [-0.39, 0.29) is 17.4 Å². The number of ether oxygens (including phenoxy) is 2. The van der Waals surface area contributed by atoms with Gasteiger partial charge in [-0.25, -0.2) is 18.4 Å². The van der Waals surface area contributed by atoms with E-state index in [1.54, 1.807) is 25.2 Å². The van der Waals surface area contributed by atoms with Crippen LogP contribution in [0.15, 0.2) is 72.8 Å². The monoisotopic (exact) mass is 581 g/mol. The van der Waals surface area contributed by atoms with Gasteiger partial charge in [0.05, 0.1) is 30.6 Å². The van der Waals surface area contributed by atoms with Crippen molar-refractivity contribution in [3.05, 3.63) is 101 Å². The van der Waals surface area contributed by atoms with Crippen molar-refractivity contribution >= 4 is 17.8 Å². The Morgan fingerprint density at radius 3 is 2.45 bits per heavy atom. The van der Waals surface area contributed by atoms with E-state index in [0.717, 1.165) is 29.8 Å². The summed E-state index contributed by atoms with van der Waals surface area (Å²) in [5, 5.41) is 14.9. The zero-order valence-corrected chi connectivity index (χ0v) is 22.5. The van der Waals surface area contributed by atoms with Gasteiger partial charge in [0, 0.05) is 16.9 Å². The van der Waals surface area contributed by atoms with Crippen LogP contribution in [0.5, 0.6) is 0 Å². The maximum absolute atomic E-state index is 14.8. The second kappa shape index (κ2) is 12.6. The molecule has 3 aromatic rings. The summed E-state index contributed by atoms with van der Waals surface area (Å²) in [6, 6.07) is 7.90. The van der Waals surface area contributed by atoms with Gasteiger partial charge in [-0.15, -0.1) is 11.8 Å². The Hall–Kier alpha value is -3.06. The summed E-state index contributed by atoms with van der Waals surface area (Å²) in [6.07, 6.45) is 2.85. The molecule has 0 amide bonds. The summed E-state index contributed by atoms with van der Waals surface area (Å²) in [5.41, 5.74) is -1.13. The molecule has 1 saturated heterocycles. The number of halogens is 5. The predicted molar refractivity (Wildman–Crippen MR) is 141 cm³/mol. The van der Waals surface area contributed by atoms with E-state index < -0.39 is 40.5 Å². The molecule has 2 aromatic carbocycles. The number of aliphatic hydroxyl groups is 1. The second-order valence-corrected chi connectivity index (χ2v) is 11.1. The number of alkyl halides is 3. The molecule has 4 rings (SSSR count). The fourth-order valence-corrected chi connectivity index (χ4v) is 5.55. The van der Waals surface area contributed by atoms with Crippen LogP contribution in [0, 0.1) is 11.6 Å². The van der Waals surface area contributed by atoms with Crippen molar-refractivity contribution in [2.24, 2.45) is 0 Å². The minimum Gasteiger partial charge on any atom is -0.382 e. The summed E-state index contributed by atoms with van der Waals surface area (Å²) < 4.78 is 79.6. The molecule has 2 heterocycles. The van der Waals surface area contributed by atoms with Crippen molar-refractivity contribution in [1.82, 2.24) is 14.8 Å². The summed E-state index contributed by atoms with van der Waals surface area (Å²) in [6.45, 7) is 4.03. The summed E-state index contributed by atoms with van der Waals surface area (Å²) in [4.78, 5) is 3.88. The summed E-state index contributed by atoms with van der Waals surface area (Å²) in [7, 11) is 0. The van der Waals surface area contributed by atoms with Crippen LogP contribution in [0.1, 0.15) is 30.5 Å². The molecule has 0 bridgehead atoms. The van der Waals surface area contributed by atoms with Crippen LogP contribution in [0.4, 0.5) is 22.0 Å². The highest BCUT2D eigenvalue weighted by Gasteiger charge is 2.41. The lowest BCUT2D eigenvalue weighted by Gasteiger charge is -2.38. The van der Waals surface area contributed by atoms with Crippen LogP contribution in [0.25, 0.3) is 6.08 Å². The van der Waals surface area contributed by atoms with Gasteiger partial charge >= 0.3 is 6.18 Å². The van der Waals surface area contributed by atoms with E-state index in [2.05, 4.69) is 10.1 Å². The topological polar surface area (TPSA) is 69.4 Å². The normalized spacial score (nSPS) is 20.9. The van der Waals surface area contributed by atoms with Crippen molar-refractivity contribution in [2.45, 2.75) is 49.0 Å². The van der Waals surface area contributed by atoms with Gasteiger partial charge in [-0.3, -0.25) is 0 Å². The molecular formula is C28H28F5N3O3S. The van der Waals surface area contributed by atoms with E-state index in [0.29, 0.717) is 18.8 Å². The van der Waals surface area contributed by atoms with Crippen LogP contribution in [-0.4, -0.2) is 49.9 Å². The number of aromatic nitrogens is 3. The van der Waals surface area contributed by atoms with Gasteiger partial charge in [0.1, 0.15) is 29.9 Å². The lowest BCUT2D eigenvalue weighted by atomic mass is 9.90. The fourth-order valence-electron chi connectivity index (χ4n) is 4.24. The van der Waals surface area contributed by atoms with Gasteiger partial charge in [0.2, 0.25) is 0 Å². The van der Waals surface area contributed by atoms with E-state index in [4.69, 9.17) is 9.47 Å². The van der Waals surface area contributed by atoms with Gasteiger partial charge < -0.3 is 14.6 Å². The average molecular weight is 582 g/mol. The van der Waals surface area contributed by atoms with Gasteiger partial charge in [-0.2, -0.15) is 18.3 Å². The third kappa shape index (κ3) is 7.36. The van der Waals surface area contributed by atoms with Crippen LogP contribution >= 0.6 is 11.8 Å². The molecule has 0 aliphatic carbocycles. The number of hydrogen-bond donors (Lipinski definition) is 1. The SMILES string of the molecule is CC(=CC=Cc1ccc(C(F)(F)F)cc1)[C@H]1OC[C@H](S[C@H](C)[C@](O)(Cn2cncn2)c2ccc(F)cc2F)CO1. The van der Waals surface area contributed by atoms with Crippen LogP contribution in [0.2, 0.25) is 0 Å². The minimum absolute atomic E-state index is 0.0569. The number of nitrogens with zero attached hydrogens (tertiary/aromatic N) is 3. The molecule has 40 heavy (non-hydrogen) atoms. The summed E-state index contributed by atoms with van der Waals surface area (Å²) in [5.74, 6) is -1.61. The van der Waals surface area contributed by atoms with E-state index in [9.17, 15) is 27.1 Å². The maximum Gasteiger partial charge on any atom is 0.416 e. The molecule has 2 atom stereocenters. The molecular weight excluding hydrogens is 553 g/mol. The first kappa shape index (κ1) is 29.9. The van der Waals surface area contributed by atoms with Gasteiger partial charge in [0.15, 0.2) is 6.29 Å². The minimum atomic E-state index is -4.38. The lowest BCUT2D eigenvalue weighted by Crippen LogP contribution is -2.44. The van der Waals surface area contributed by atoms with Gasteiger partial charge in [-0.05, 0) is 36.3 Å². The van der Waals surface area contributed by atoms with Crippen LogP contribution in [-0.2, 0) is 27.8 Å². The molecule has 1 aromatic heterocycles. The first-order valence-electron chi connectivity index (χ1n) is 12.4. The first-order chi connectivity index (χ1) is 19.0. The smallest absolute Gasteiger partial charge is 0.382 e. The molecule has 0 unspecified atom stereocenters. The Labute approximate surface area is 232 Å². The Bertz CT molecular complexity index is 1320. The molecule has 214 valence electrons. The number of rotatable bonds is 9. The van der Waals surface area contributed by atoms with E-state index >= 15 is 0 Å². The van der Waals surface area contributed by atoms with E-state index in [1.165, 1.54) is 47.3 Å². The second-order valence-electron chi connectivity index (χ2n) is 9.43. The number of benzene rings is 2. The third-order valence-electron chi connectivity index (χ3n) is 6.46. The molecule has 0 spiro atoms. The largest absolute Gasteiger partial charge is 0.416 e. The highest BCUT2D eigenvalue weighted by molar-refractivity contribution is 8.00. The van der Waals surface area contributed by atoms with Crippen molar-refractivity contribution in [1.29, 1.82) is 0 Å².